The van der Waals surface area contributed by atoms with Crippen molar-refractivity contribution in [2.45, 2.75) is 77.2 Å². The highest BCUT2D eigenvalue weighted by molar-refractivity contribution is 5.88. The standard InChI is InChI=1S/C19H28O3/c1-17-8-5-13(20)11-12(17)3-4-15-14(17)6-9-18(2)16(21)7-10-19(15,18)22/h12,14-15,22H,3-11H2,1-2H3. The number of Topliss-reactive ketones (excluding diaryl/α,β-unsaturated/α-hetero) is 2. The lowest BCUT2D eigenvalue weighted by Gasteiger charge is -2.61. The predicted octanol–water partition coefficient (Wildman–Crippen LogP) is 3.28. The zero-order valence-electron chi connectivity index (χ0n) is 13.9. The zero-order valence-corrected chi connectivity index (χ0v) is 13.9. The van der Waals surface area contributed by atoms with E-state index in [9.17, 15) is 14.7 Å². The van der Waals surface area contributed by atoms with Crippen molar-refractivity contribution in [3.63, 3.8) is 0 Å². The monoisotopic (exact) mass is 304 g/mol. The van der Waals surface area contributed by atoms with Crippen molar-refractivity contribution in [3.8, 4) is 0 Å². The molecule has 6 unspecified atom stereocenters. The van der Waals surface area contributed by atoms with Gasteiger partial charge < -0.3 is 5.11 Å². The van der Waals surface area contributed by atoms with Crippen LogP contribution >= 0.6 is 0 Å². The van der Waals surface area contributed by atoms with Crippen LogP contribution in [0, 0.1) is 28.6 Å². The number of ketones is 2. The molecule has 4 rings (SSSR count). The highest BCUT2D eigenvalue weighted by Crippen LogP contribution is 2.66. The first-order chi connectivity index (χ1) is 10.3. The van der Waals surface area contributed by atoms with Gasteiger partial charge in [-0.2, -0.15) is 0 Å². The second-order valence-corrected chi connectivity index (χ2v) is 8.95. The van der Waals surface area contributed by atoms with E-state index in [2.05, 4.69) is 6.92 Å². The summed E-state index contributed by atoms with van der Waals surface area (Å²) in [6.45, 7) is 4.38. The molecule has 4 saturated carbocycles. The van der Waals surface area contributed by atoms with Crippen LogP contribution in [0.4, 0.5) is 0 Å². The molecule has 0 radical (unpaired) electrons. The van der Waals surface area contributed by atoms with Crippen molar-refractivity contribution in [1.82, 2.24) is 0 Å². The molecule has 3 nitrogen and oxygen atoms in total. The van der Waals surface area contributed by atoms with Gasteiger partial charge in [-0.3, -0.25) is 9.59 Å². The van der Waals surface area contributed by atoms with Gasteiger partial charge in [0.1, 0.15) is 11.6 Å². The molecule has 0 saturated heterocycles. The number of carbonyl (C=O) groups excluding carboxylic acids is 2. The van der Waals surface area contributed by atoms with Crippen molar-refractivity contribution < 1.29 is 14.7 Å². The Hall–Kier alpha value is -0.700. The van der Waals surface area contributed by atoms with Crippen molar-refractivity contribution >= 4 is 11.6 Å². The summed E-state index contributed by atoms with van der Waals surface area (Å²) in [6, 6.07) is 0. The van der Waals surface area contributed by atoms with Crippen LogP contribution in [0.5, 0.6) is 0 Å². The van der Waals surface area contributed by atoms with Crippen molar-refractivity contribution in [2.24, 2.45) is 28.6 Å². The van der Waals surface area contributed by atoms with Gasteiger partial charge >= 0.3 is 0 Å². The lowest BCUT2D eigenvalue weighted by atomic mass is 9.44. The fourth-order valence-electron chi connectivity index (χ4n) is 6.78. The Morgan fingerprint density at radius 2 is 1.73 bits per heavy atom. The van der Waals surface area contributed by atoms with Crippen LogP contribution in [0.3, 0.4) is 0 Å². The first-order valence-corrected chi connectivity index (χ1v) is 9.09. The van der Waals surface area contributed by atoms with Gasteiger partial charge in [-0.25, -0.2) is 0 Å². The van der Waals surface area contributed by atoms with Gasteiger partial charge in [-0.15, -0.1) is 0 Å². The molecule has 6 atom stereocenters. The van der Waals surface area contributed by atoms with E-state index in [4.69, 9.17) is 0 Å². The molecule has 0 bridgehead atoms. The fourth-order valence-corrected chi connectivity index (χ4v) is 6.78. The van der Waals surface area contributed by atoms with E-state index in [0.29, 0.717) is 36.9 Å². The maximum Gasteiger partial charge on any atom is 0.141 e. The van der Waals surface area contributed by atoms with E-state index in [-0.39, 0.29) is 17.1 Å². The minimum atomic E-state index is -0.789. The molecule has 4 aliphatic carbocycles. The number of hydrogen-bond acceptors (Lipinski definition) is 3. The van der Waals surface area contributed by atoms with Crippen LogP contribution in [-0.4, -0.2) is 22.3 Å². The van der Waals surface area contributed by atoms with E-state index in [0.717, 1.165) is 38.5 Å². The number of carbonyl (C=O) groups is 2. The molecule has 3 heteroatoms. The molecule has 0 heterocycles. The van der Waals surface area contributed by atoms with Crippen molar-refractivity contribution in [2.75, 3.05) is 0 Å². The largest absolute Gasteiger partial charge is 0.389 e. The van der Waals surface area contributed by atoms with Gasteiger partial charge in [-0.1, -0.05) is 6.92 Å². The van der Waals surface area contributed by atoms with Crippen molar-refractivity contribution in [3.05, 3.63) is 0 Å². The van der Waals surface area contributed by atoms with Gasteiger partial charge in [0, 0.05) is 19.3 Å². The van der Waals surface area contributed by atoms with E-state index >= 15 is 0 Å². The third-order valence-electron chi connectivity index (χ3n) is 8.38. The van der Waals surface area contributed by atoms with E-state index in [1.54, 1.807) is 0 Å². The first kappa shape index (κ1) is 14.9. The Morgan fingerprint density at radius 3 is 2.50 bits per heavy atom. The molecule has 0 amide bonds. The molecule has 0 aromatic heterocycles. The van der Waals surface area contributed by atoms with Gasteiger partial charge in [0.05, 0.1) is 11.0 Å². The minimum absolute atomic E-state index is 0.194. The Bertz CT molecular complexity index is 541. The smallest absolute Gasteiger partial charge is 0.141 e. The highest BCUT2D eigenvalue weighted by Gasteiger charge is 2.67. The maximum absolute atomic E-state index is 12.4. The van der Waals surface area contributed by atoms with Crippen LogP contribution < -0.4 is 0 Å². The highest BCUT2D eigenvalue weighted by atomic mass is 16.3. The average Bonchev–Trinajstić information content (AvgIpc) is 2.72. The normalized spacial score (nSPS) is 54.6. The molecule has 1 N–H and O–H groups in total. The van der Waals surface area contributed by atoms with Crippen LogP contribution in [0.2, 0.25) is 0 Å². The Labute approximate surface area is 132 Å². The van der Waals surface area contributed by atoms with E-state index < -0.39 is 11.0 Å². The quantitative estimate of drug-likeness (QED) is 0.747. The van der Waals surface area contributed by atoms with E-state index in [1.807, 2.05) is 6.92 Å². The van der Waals surface area contributed by atoms with Gasteiger partial charge in [0.2, 0.25) is 0 Å². The van der Waals surface area contributed by atoms with Crippen LogP contribution in [0.25, 0.3) is 0 Å². The van der Waals surface area contributed by atoms with Crippen molar-refractivity contribution in [1.29, 1.82) is 0 Å². The van der Waals surface area contributed by atoms with Gasteiger partial charge in [-0.05, 0) is 68.6 Å². The lowest BCUT2D eigenvalue weighted by Crippen LogP contribution is -2.62. The molecule has 22 heavy (non-hydrogen) atoms. The second kappa shape index (κ2) is 4.43. The topological polar surface area (TPSA) is 54.4 Å². The number of hydrogen-bond donors (Lipinski definition) is 1. The van der Waals surface area contributed by atoms with E-state index in [1.165, 1.54) is 0 Å². The minimum Gasteiger partial charge on any atom is -0.389 e. The molecule has 0 aliphatic heterocycles. The summed E-state index contributed by atoms with van der Waals surface area (Å²) in [5.74, 6) is 1.95. The molecule has 0 aromatic carbocycles. The molecular formula is C19H28O3. The third kappa shape index (κ3) is 1.61. The van der Waals surface area contributed by atoms with Crippen LogP contribution in [0.1, 0.15) is 71.6 Å². The van der Waals surface area contributed by atoms with Crippen LogP contribution in [-0.2, 0) is 9.59 Å². The average molecular weight is 304 g/mol. The third-order valence-corrected chi connectivity index (χ3v) is 8.38. The predicted molar refractivity (Wildman–Crippen MR) is 83.2 cm³/mol. The first-order valence-electron chi connectivity index (χ1n) is 9.09. The summed E-state index contributed by atoms with van der Waals surface area (Å²) in [5, 5.41) is 11.5. The number of aliphatic hydroxyl groups is 1. The van der Waals surface area contributed by atoms with Gasteiger partial charge in [0.15, 0.2) is 0 Å². The summed E-state index contributed by atoms with van der Waals surface area (Å²) in [7, 11) is 0. The SMILES string of the molecule is CC12CCC(=O)CC1CCC1C2CCC2(C)C(=O)CCC12O. The summed E-state index contributed by atoms with van der Waals surface area (Å²) in [4.78, 5) is 24.3. The molecular weight excluding hydrogens is 276 g/mol. The maximum atomic E-state index is 12.4. The van der Waals surface area contributed by atoms with Crippen LogP contribution in [0.15, 0.2) is 0 Å². The molecule has 0 aromatic rings. The Balaban J connectivity index is 1.71. The number of fused-ring (bicyclic) bond motifs is 5. The molecule has 0 spiro atoms. The summed E-state index contributed by atoms with van der Waals surface area (Å²) in [5.41, 5.74) is -1.11. The summed E-state index contributed by atoms with van der Waals surface area (Å²) in [6.07, 6.45) is 7.58. The lowest BCUT2D eigenvalue weighted by molar-refractivity contribution is -0.197. The zero-order chi connectivity index (χ0) is 15.8. The molecule has 4 aliphatic rings. The Morgan fingerprint density at radius 1 is 0.955 bits per heavy atom. The molecule has 4 fully saturated rings. The molecule has 122 valence electrons. The summed E-state index contributed by atoms with van der Waals surface area (Å²) >= 11 is 0. The second-order valence-electron chi connectivity index (χ2n) is 8.95. The fraction of sp³-hybridized carbons (Fsp3) is 0.895. The van der Waals surface area contributed by atoms with Gasteiger partial charge in [0.25, 0.3) is 0 Å². The summed E-state index contributed by atoms with van der Waals surface area (Å²) < 4.78 is 0. The number of rotatable bonds is 0. The Kier molecular flexibility index (Phi) is 3.00.